The molecule has 1 heterocycles. The van der Waals surface area contributed by atoms with E-state index < -0.39 is 18.0 Å². The van der Waals surface area contributed by atoms with Gasteiger partial charge in [0, 0.05) is 29.5 Å². The Kier molecular flexibility index (Phi) is 6.18. The summed E-state index contributed by atoms with van der Waals surface area (Å²) in [6.07, 6.45) is 0.662. The van der Waals surface area contributed by atoms with Gasteiger partial charge in [-0.15, -0.1) is 0 Å². The van der Waals surface area contributed by atoms with Gasteiger partial charge in [0.15, 0.2) is 0 Å². The molecule has 1 aromatic heterocycles. The highest BCUT2D eigenvalue weighted by molar-refractivity contribution is 6.07. The monoisotopic (exact) mass is 505 g/mol. The van der Waals surface area contributed by atoms with E-state index in [9.17, 15) is 9.59 Å². The summed E-state index contributed by atoms with van der Waals surface area (Å²) >= 11 is 0. The minimum Gasteiger partial charge on any atom is -0.481 e. The van der Waals surface area contributed by atoms with Gasteiger partial charge in [-0.05, 0) is 39.8 Å². The molecule has 38 heavy (non-hydrogen) atoms. The molecule has 6 rings (SSSR count). The molecule has 0 radical (unpaired) electrons. The number of carboxylic acid groups (broad SMARTS) is 1. The van der Waals surface area contributed by atoms with E-state index in [2.05, 4.69) is 24.3 Å². The third-order valence-electron chi connectivity index (χ3n) is 7.39. The number of aliphatic carboxylic acids is 1. The summed E-state index contributed by atoms with van der Waals surface area (Å²) in [4.78, 5) is 24.1. The number of nitrogens with two attached hydrogens (primary N) is 1. The van der Waals surface area contributed by atoms with Crippen LogP contribution in [0, 0.1) is 0 Å². The van der Waals surface area contributed by atoms with Crippen LogP contribution in [0.25, 0.3) is 33.1 Å². The number of carboxylic acids is 1. The SMILES string of the molecule is NC(Cc1cccc2c1oc1c(CCC(=O)O)cccc12)C(=O)OCC1c2ccccc2-c2ccccc21. The largest absolute Gasteiger partial charge is 0.481 e. The van der Waals surface area contributed by atoms with E-state index in [4.69, 9.17) is 20.0 Å². The summed E-state index contributed by atoms with van der Waals surface area (Å²) in [7, 11) is 0. The van der Waals surface area contributed by atoms with E-state index in [0.29, 0.717) is 17.6 Å². The van der Waals surface area contributed by atoms with Gasteiger partial charge in [-0.3, -0.25) is 9.59 Å². The maximum absolute atomic E-state index is 13.0. The number of hydrogen-bond donors (Lipinski definition) is 2. The zero-order valence-electron chi connectivity index (χ0n) is 20.7. The molecule has 1 atom stereocenters. The van der Waals surface area contributed by atoms with Crippen LogP contribution in [0.5, 0.6) is 0 Å². The predicted molar refractivity (Wildman–Crippen MR) is 146 cm³/mol. The maximum atomic E-state index is 13.0. The minimum atomic E-state index is -0.854. The van der Waals surface area contributed by atoms with Crippen molar-refractivity contribution in [1.82, 2.24) is 0 Å². The lowest BCUT2D eigenvalue weighted by atomic mass is 9.98. The number of para-hydroxylation sites is 2. The number of ether oxygens (including phenoxy) is 1. The molecule has 1 unspecified atom stereocenters. The third kappa shape index (κ3) is 4.23. The van der Waals surface area contributed by atoms with Crippen LogP contribution in [-0.2, 0) is 27.2 Å². The quantitative estimate of drug-likeness (QED) is 0.257. The number of carbonyl (C=O) groups excluding carboxylic acids is 1. The first kappa shape index (κ1) is 23.9. The second-order valence-electron chi connectivity index (χ2n) is 9.75. The van der Waals surface area contributed by atoms with E-state index in [1.54, 1.807) is 0 Å². The van der Waals surface area contributed by atoms with Crippen LogP contribution >= 0.6 is 0 Å². The molecule has 0 amide bonds. The molecule has 1 aliphatic carbocycles. The van der Waals surface area contributed by atoms with E-state index in [1.165, 1.54) is 11.1 Å². The molecule has 0 aliphatic heterocycles. The number of aryl methyl sites for hydroxylation is 1. The standard InChI is InChI=1S/C32H27NO5/c33-28(32(36)37-18-27-23-11-3-1-9-21(23)22-10-2-4-12-24(22)27)17-20-8-6-14-26-25-13-5-7-19(15-16-29(34)35)30(25)38-31(20)26/h1-14,27-28H,15-18,33H2,(H,34,35). The lowest BCUT2D eigenvalue weighted by Crippen LogP contribution is -2.35. The molecule has 5 aromatic rings. The van der Waals surface area contributed by atoms with Gasteiger partial charge >= 0.3 is 11.9 Å². The fraction of sp³-hybridized carbons (Fsp3) is 0.188. The number of furan rings is 1. The molecule has 6 nitrogen and oxygen atoms in total. The minimum absolute atomic E-state index is 0.0235. The van der Waals surface area contributed by atoms with E-state index in [-0.39, 0.29) is 25.4 Å². The van der Waals surface area contributed by atoms with E-state index in [1.807, 2.05) is 60.7 Å². The van der Waals surface area contributed by atoms with Crippen LogP contribution in [0.3, 0.4) is 0 Å². The second kappa shape index (κ2) is 9.80. The maximum Gasteiger partial charge on any atom is 0.323 e. The lowest BCUT2D eigenvalue weighted by Gasteiger charge is -2.17. The second-order valence-corrected chi connectivity index (χ2v) is 9.75. The summed E-state index contributed by atoms with van der Waals surface area (Å²) in [5.41, 5.74) is 14.0. The van der Waals surface area contributed by atoms with Gasteiger partial charge in [0.2, 0.25) is 0 Å². The van der Waals surface area contributed by atoms with Gasteiger partial charge in [0.05, 0.1) is 0 Å². The summed E-state index contributed by atoms with van der Waals surface area (Å²) in [6, 6.07) is 27.1. The van der Waals surface area contributed by atoms with E-state index in [0.717, 1.165) is 33.0 Å². The first-order chi connectivity index (χ1) is 18.5. The molecular weight excluding hydrogens is 478 g/mol. The van der Waals surface area contributed by atoms with Crippen molar-refractivity contribution >= 4 is 33.9 Å². The van der Waals surface area contributed by atoms with Gasteiger partial charge in [-0.2, -0.15) is 0 Å². The highest BCUT2D eigenvalue weighted by Crippen LogP contribution is 2.44. The lowest BCUT2D eigenvalue weighted by molar-refractivity contribution is -0.145. The normalized spacial score (nSPS) is 13.4. The van der Waals surface area contributed by atoms with Gasteiger partial charge in [-0.1, -0.05) is 84.9 Å². The average molecular weight is 506 g/mol. The van der Waals surface area contributed by atoms with Crippen molar-refractivity contribution in [3.8, 4) is 11.1 Å². The number of esters is 1. The zero-order chi connectivity index (χ0) is 26.2. The number of carbonyl (C=O) groups is 2. The van der Waals surface area contributed by atoms with Crippen molar-refractivity contribution in [2.24, 2.45) is 5.73 Å². The molecule has 0 spiro atoms. The number of benzene rings is 4. The van der Waals surface area contributed by atoms with Crippen molar-refractivity contribution in [1.29, 1.82) is 0 Å². The number of rotatable bonds is 8. The number of fused-ring (bicyclic) bond motifs is 6. The molecule has 1 aliphatic rings. The molecule has 0 saturated heterocycles. The first-order valence-corrected chi connectivity index (χ1v) is 12.8. The molecule has 190 valence electrons. The van der Waals surface area contributed by atoms with E-state index >= 15 is 0 Å². The summed E-state index contributed by atoms with van der Waals surface area (Å²) in [5, 5.41) is 10.9. The molecule has 0 bridgehead atoms. The van der Waals surface area contributed by atoms with Crippen molar-refractivity contribution in [3.05, 3.63) is 107 Å². The molecular formula is C32H27NO5. The Bertz CT molecular complexity index is 1640. The Hall–Kier alpha value is -4.42. The molecule has 0 fully saturated rings. The Labute approximate surface area is 219 Å². The van der Waals surface area contributed by atoms with Crippen LogP contribution in [0.2, 0.25) is 0 Å². The Morgan fingerprint density at radius 1 is 0.816 bits per heavy atom. The zero-order valence-corrected chi connectivity index (χ0v) is 20.7. The Balaban J connectivity index is 1.21. The van der Waals surface area contributed by atoms with Crippen molar-refractivity contribution in [2.75, 3.05) is 6.61 Å². The first-order valence-electron chi connectivity index (χ1n) is 12.8. The summed E-state index contributed by atoms with van der Waals surface area (Å²) in [5.74, 6) is -1.34. The topological polar surface area (TPSA) is 103 Å². The van der Waals surface area contributed by atoms with Crippen molar-refractivity contribution in [3.63, 3.8) is 0 Å². The van der Waals surface area contributed by atoms with Crippen molar-refractivity contribution in [2.45, 2.75) is 31.2 Å². The van der Waals surface area contributed by atoms with Gasteiger partial charge < -0.3 is 20.0 Å². The highest BCUT2D eigenvalue weighted by atomic mass is 16.5. The summed E-state index contributed by atoms with van der Waals surface area (Å²) < 4.78 is 12.0. The van der Waals surface area contributed by atoms with Crippen LogP contribution in [0.1, 0.15) is 34.6 Å². The fourth-order valence-electron chi connectivity index (χ4n) is 5.57. The third-order valence-corrected chi connectivity index (χ3v) is 7.39. The van der Waals surface area contributed by atoms with Gasteiger partial charge in [0.1, 0.15) is 23.8 Å². The van der Waals surface area contributed by atoms with Crippen LogP contribution in [-0.4, -0.2) is 29.7 Å². The van der Waals surface area contributed by atoms with Crippen LogP contribution in [0.15, 0.2) is 89.3 Å². The van der Waals surface area contributed by atoms with Crippen LogP contribution in [0.4, 0.5) is 0 Å². The van der Waals surface area contributed by atoms with Gasteiger partial charge in [-0.25, -0.2) is 0 Å². The summed E-state index contributed by atoms with van der Waals surface area (Å²) in [6.45, 7) is 0.225. The van der Waals surface area contributed by atoms with Crippen LogP contribution < -0.4 is 5.73 Å². The Morgan fingerprint density at radius 3 is 2.03 bits per heavy atom. The number of hydrogen-bond acceptors (Lipinski definition) is 5. The molecule has 4 aromatic carbocycles. The van der Waals surface area contributed by atoms with Crippen molar-refractivity contribution < 1.29 is 23.8 Å². The average Bonchev–Trinajstić information content (AvgIpc) is 3.47. The van der Waals surface area contributed by atoms with Gasteiger partial charge in [0.25, 0.3) is 0 Å². The predicted octanol–water partition coefficient (Wildman–Crippen LogP) is 5.83. The highest BCUT2D eigenvalue weighted by Gasteiger charge is 2.30. The fourth-order valence-corrected chi connectivity index (χ4v) is 5.57. The smallest absolute Gasteiger partial charge is 0.323 e. The molecule has 6 heteroatoms. The Morgan fingerprint density at radius 2 is 1.39 bits per heavy atom. The molecule has 0 saturated carbocycles. The molecule has 3 N–H and O–H groups in total.